The fourth-order valence-electron chi connectivity index (χ4n) is 5.17. The van der Waals surface area contributed by atoms with Gasteiger partial charge in [-0.3, -0.25) is 4.98 Å². The number of pyridine rings is 1. The number of hydrogen-bond donors (Lipinski definition) is 2. The molecule has 2 saturated carbocycles. The summed E-state index contributed by atoms with van der Waals surface area (Å²) in [5.41, 5.74) is 2.55. The third kappa shape index (κ3) is 4.54. The largest absolute Gasteiger partial charge is 0.465 e. The second kappa shape index (κ2) is 8.96. The van der Waals surface area contributed by atoms with Gasteiger partial charge in [-0.25, -0.2) is 9.18 Å². The summed E-state index contributed by atoms with van der Waals surface area (Å²) in [6.07, 6.45) is 8.91. The molecular weight excluding hydrogens is 383 g/mol. The van der Waals surface area contributed by atoms with Gasteiger partial charge in [0.15, 0.2) is 0 Å². The molecule has 0 radical (unpaired) electrons. The van der Waals surface area contributed by atoms with Gasteiger partial charge in [0.1, 0.15) is 5.82 Å². The molecule has 1 aromatic heterocycles. The molecule has 1 heterocycles. The second-order valence-electron chi connectivity index (χ2n) is 8.31. The van der Waals surface area contributed by atoms with Crippen molar-refractivity contribution < 1.29 is 19.0 Å². The van der Waals surface area contributed by atoms with E-state index in [0.717, 1.165) is 42.5 Å². The third-order valence-corrected chi connectivity index (χ3v) is 6.56. The molecule has 30 heavy (non-hydrogen) atoms. The maximum absolute atomic E-state index is 13.4. The lowest BCUT2D eigenvalue weighted by atomic mass is 9.76. The van der Waals surface area contributed by atoms with Crippen molar-refractivity contribution in [2.75, 3.05) is 7.11 Å². The minimum Gasteiger partial charge on any atom is -0.465 e. The maximum Gasteiger partial charge on any atom is 0.404 e. The molecule has 0 bridgehead atoms. The zero-order valence-electron chi connectivity index (χ0n) is 17.0. The molecule has 0 saturated heterocycles. The van der Waals surface area contributed by atoms with Crippen molar-refractivity contribution in [2.24, 2.45) is 17.8 Å². The molecule has 2 fully saturated rings. The molecule has 2 aliphatic rings. The van der Waals surface area contributed by atoms with Crippen LogP contribution in [0.4, 0.5) is 9.18 Å². The minimum atomic E-state index is -0.941. The number of nitrogens with one attached hydrogen (secondary N) is 1. The van der Waals surface area contributed by atoms with Crippen molar-refractivity contribution in [3.63, 3.8) is 0 Å². The number of fused-ring (bicyclic) bond motifs is 1. The first kappa shape index (κ1) is 20.5. The average molecular weight is 410 g/mol. The minimum absolute atomic E-state index is 0.0426. The number of halogens is 1. The molecule has 1 aromatic carbocycles. The monoisotopic (exact) mass is 410 g/mol. The van der Waals surface area contributed by atoms with Crippen molar-refractivity contribution in [1.82, 2.24) is 10.3 Å². The van der Waals surface area contributed by atoms with E-state index in [-0.39, 0.29) is 18.0 Å². The van der Waals surface area contributed by atoms with E-state index in [1.54, 1.807) is 19.4 Å². The highest BCUT2D eigenvalue weighted by atomic mass is 19.1. The van der Waals surface area contributed by atoms with Crippen molar-refractivity contribution in [2.45, 2.75) is 37.8 Å². The molecule has 2 aliphatic carbocycles. The van der Waals surface area contributed by atoms with Gasteiger partial charge in [-0.2, -0.15) is 0 Å². The fourth-order valence-corrected chi connectivity index (χ4v) is 5.17. The van der Waals surface area contributed by atoms with Crippen LogP contribution in [-0.2, 0) is 4.74 Å². The van der Waals surface area contributed by atoms with Crippen molar-refractivity contribution in [3.05, 3.63) is 60.2 Å². The van der Waals surface area contributed by atoms with E-state index in [2.05, 4.69) is 16.4 Å². The van der Waals surface area contributed by atoms with E-state index >= 15 is 0 Å². The highest BCUT2D eigenvalue weighted by Crippen LogP contribution is 2.47. The fraction of sp³-hybridized carbons (Fsp3) is 0.417. The van der Waals surface area contributed by atoms with Gasteiger partial charge in [-0.05, 0) is 67.4 Å². The van der Waals surface area contributed by atoms with Crippen LogP contribution in [0.1, 0.15) is 31.4 Å². The molecule has 5 atom stereocenters. The van der Waals surface area contributed by atoms with Crippen LogP contribution in [0, 0.1) is 23.6 Å². The Bertz CT molecular complexity index is 915. The summed E-state index contributed by atoms with van der Waals surface area (Å²) in [6, 6.07) is 10.4. The predicted octanol–water partition coefficient (Wildman–Crippen LogP) is 4.99. The van der Waals surface area contributed by atoms with E-state index in [4.69, 9.17) is 9.84 Å². The lowest BCUT2D eigenvalue weighted by Gasteiger charge is -2.33. The third-order valence-electron chi connectivity index (χ3n) is 6.56. The molecule has 158 valence electrons. The van der Waals surface area contributed by atoms with Crippen LogP contribution in [0.25, 0.3) is 17.2 Å². The molecule has 2 N–H and O–H groups in total. The highest BCUT2D eigenvalue weighted by molar-refractivity contribution is 5.65. The van der Waals surface area contributed by atoms with Crippen molar-refractivity contribution >= 4 is 12.2 Å². The van der Waals surface area contributed by atoms with Gasteiger partial charge in [0.2, 0.25) is 0 Å². The molecule has 0 spiro atoms. The lowest BCUT2D eigenvalue weighted by Crippen LogP contribution is -2.39. The van der Waals surface area contributed by atoms with Gasteiger partial charge in [0, 0.05) is 30.8 Å². The molecule has 4 rings (SSSR count). The number of benzene rings is 1. The molecule has 0 aliphatic heterocycles. The Labute approximate surface area is 176 Å². The van der Waals surface area contributed by atoms with Crippen LogP contribution in [0.2, 0.25) is 0 Å². The Hall–Kier alpha value is -2.73. The molecule has 6 heteroatoms. The van der Waals surface area contributed by atoms with Gasteiger partial charge in [0.05, 0.1) is 11.8 Å². The van der Waals surface area contributed by atoms with E-state index in [9.17, 15) is 9.18 Å². The van der Waals surface area contributed by atoms with Crippen LogP contribution >= 0.6 is 0 Å². The van der Waals surface area contributed by atoms with E-state index in [1.165, 1.54) is 12.1 Å². The Morgan fingerprint density at radius 3 is 2.80 bits per heavy atom. The van der Waals surface area contributed by atoms with Crippen molar-refractivity contribution in [3.8, 4) is 11.1 Å². The summed E-state index contributed by atoms with van der Waals surface area (Å²) < 4.78 is 19.2. The zero-order valence-corrected chi connectivity index (χ0v) is 17.0. The number of rotatable bonds is 5. The SMILES string of the molecule is CO[C@H]1C[C@H]2CC(NC(=O)O)CC[C@H]2[C@@H]1C=Cc1ccc(-c2cccc(F)c2)cn1. The summed E-state index contributed by atoms with van der Waals surface area (Å²) in [7, 11) is 1.75. The lowest BCUT2D eigenvalue weighted by molar-refractivity contribution is 0.0778. The Balaban J connectivity index is 1.44. The van der Waals surface area contributed by atoms with Crippen LogP contribution in [0.15, 0.2) is 48.7 Å². The smallest absolute Gasteiger partial charge is 0.404 e. The summed E-state index contributed by atoms with van der Waals surface area (Å²) >= 11 is 0. The van der Waals surface area contributed by atoms with E-state index < -0.39 is 6.09 Å². The quantitative estimate of drug-likeness (QED) is 0.729. The first-order valence-electron chi connectivity index (χ1n) is 10.5. The number of carbonyl (C=O) groups is 1. The number of carboxylic acid groups (broad SMARTS) is 1. The molecule has 5 nitrogen and oxygen atoms in total. The predicted molar refractivity (Wildman–Crippen MR) is 113 cm³/mol. The topological polar surface area (TPSA) is 71.5 Å². The Morgan fingerprint density at radius 2 is 2.10 bits per heavy atom. The number of nitrogens with zero attached hydrogens (tertiary/aromatic N) is 1. The molecule has 1 unspecified atom stereocenters. The van der Waals surface area contributed by atoms with Gasteiger partial charge >= 0.3 is 6.09 Å². The summed E-state index contributed by atoms with van der Waals surface area (Å²) in [6.45, 7) is 0. The normalized spacial score (nSPS) is 28.4. The highest BCUT2D eigenvalue weighted by Gasteiger charge is 2.45. The second-order valence-corrected chi connectivity index (χ2v) is 8.31. The van der Waals surface area contributed by atoms with E-state index in [1.807, 2.05) is 24.3 Å². The van der Waals surface area contributed by atoms with Crippen molar-refractivity contribution in [1.29, 1.82) is 0 Å². The van der Waals surface area contributed by atoms with Gasteiger partial charge in [0.25, 0.3) is 0 Å². The number of hydrogen-bond acceptors (Lipinski definition) is 3. The first-order chi connectivity index (χ1) is 14.5. The Kier molecular flexibility index (Phi) is 6.13. The zero-order chi connectivity index (χ0) is 21.1. The number of methoxy groups -OCH3 is 1. The van der Waals surface area contributed by atoms with Gasteiger partial charge < -0.3 is 15.2 Å². The number of amides is 1. The molecule has 1 amide bonds. The van der Waals surface area contributed by atoms with E-state index in [0.29, 0.717) is 17.8 Å². The van der Waals surface area contributed by atoms with Crippen LogP contribution < -0.4 is 5.32 Å². The maximum atomic E-state index is 13.4. The summed E-state index contributed by atoms with van der Waals surface area (Å²) in [5, 5.41) is 11.6. The molecule has 2 aromatic rings. The summed E-state index contributed by atoms with van der Waals surface area (Å²) in [5.74, 6) is 1.02. The van der Waals surface area contributed by atoms with Crippen LogP contribution in [0.3, 0.4) is 0 Å². The van der Waals surface area contributed by atoms with Gasteiger partial charge in [-0.1, -0.05) is 24.3 Å². The first-order valence-corrected chi connectivity index (χ1v) is 10.5. The number of ether oxygens (including phenoxy) is 1. The average Bonchev–Trinajstić information content (AvgIpc) is 3.09. The number of aromatic nitrogens is 1. The van der Waals surface area contributed by atoms with Crippen LogP contribution in [-0.4, -0.2) is 35.4 Å². The van der Waals surface area contributed by atoms with Crippen LogP contribution in [0.5, 0.6) is 0 Å². The van der Waals surface area contributed by atoms with Gasteiger partial charge in [-0.15, -0.1) is 0 Å². The molecular formula is C24H27FN2O3. The Morgan fingerprint density at radius 1 is 1.23 bits per heavy atom. The summed E-state index contributed by atoms with van der Waals surface area (Å²) in [4.78, 5) is 15.5. The standard InChI is InChI=1S/C24H27FN2O3/c1-30-23-13-17-12-20(27-24(28)29)8-9-21(17)22(23)10-7-19-6-5-16(14-26-19)15-3-2-4-18(25)11-15/h2-7,10-11,14,17,20-23,27H,8-9,12-13H2,1H3,(H,28,29)/t17-,20?,21-,22+,23+/m1/s1.